The molecule has 4 nitrogen and oxygen atoms in total. The molecule has 15 heavy (non-hydrogen) atoms. The number of fused-ring (bicyclic) bond motifs is 5. The summed E-state index contributed by atoms with van der Waals surface area (Å²) in [6, 6.07) is 7.63. The zero-order chi connectivity index (χ0) is 10.2. The number of Topliss-reactive ketones (excluding diaryl/α,β-unsaturated/α-hetero) is 1. The normalized spacial score (nSPS) is 40.1. The van der Waals surface area contributed by atoms with Gasteiger partial charge in [0.05, 0.1) is 11.7 Å². The number of para-hydroxylation sites is 1. The van der Waals surface area contributed by atoms with E-state index in [0.29, 0.717) is 5.56 Å². The van der Waals surface area contributed by atoms with Crippen molar-refractivity contribution in [2.75, 3.05) is 11.4 Å². The molecule has 4 rings (SSSR count). The molecule has 2 saturated heterocycles. The van der Waals surface area contributed by atoms with Crippen LogP contribution in [0, 0.1) is 0 Å². The first-order valence-electron chi connectivity index (χ1n) is 5.13. The van der Waals surface area contributed by atoms with E-state index in [1.54, 1.807) is 6.07 Å². The molecule has 1 aromatic rings. The van der Waals surface area contributed by atoms with Crippen LogP contribution in [0.2, 0.25) is 0 Å². The average molecular weight is 202 g/mol. The van der Waals surface area contributed by atoms with Gasteiger partial charge < -0.3 is 15.3 Å². The first kappa shape index (κ1) is 7.84. The fraction of sp³-hybridized carbons (Fsp3) is 0.364. The number of hydrogen-bond acceptors (Lipinski definition) is 4. The monoisotopic (exact) mass is 202 g/mol. The second-order valence-electron chi connectivity index (χ2n) is 4.43. The molecule has 0 aliphatic carbocycles. The Hall–Kier alpha value is -1.39. The van der Waals surface area contributed by atoms with Crippen LogP contribution >= 0.6 is 0 Å². The summed E-state index contributed by atoms with van der Waals surface area (Å²) in [5.41, 5.74) is 0.208. The highest BCUT2D eigenvalue weighted by molar-refractivity contribution is 6.14. The van der Waals surface area contributed by atoms with Crippen LogP contribution in [-0.4, -0.2) is 35.2 Å². The molecule has 2 N–H and O–H groups in total. The van der Waals surface area contributed by atoms with Crippen LogP contribution in [0.1, 0.15) is 10.4 Å². The minimum absolute atomic E-state index is 0.0719. The van der Waals surface area contributed by atoms with Gasteiger partial charge in [0.1, 0.15) is 0 Å². The number of aliphatic hydroxyl groups is 1. The molecule has 76 valence electrons. The van der Waals surface area contributed by atoms with Crippen molar-refractivity contribution in [2.24, 2.45) is 0 Å². The van der Waals surface area contributed by atoms with E-state index in [0.717, 1.165) is 12.2 Å². The zero-order valence-electron chi connectivity index (χ0n) is 7.97. The van der Waals surface area contributed by atoms with Gasteiger partial charge in [-0.2, -0.15) is 0 Å². The molecular weight excluding hydrogens is 192 g/mol. The first-order chi connectivity index (χ1) is 7.23. The van der Waals surface area contributed by atoms with Crippen LogP contribution in [0.4, 0.5) is 5.69 Å². The summed E-state index contributed by atoms with van der Waals surface area (Å²) in [4.78, 5) is 13.9. The molecule has 0 spiro atoms. The number of nitrogens with zero attached hydrogens (tertiary/aromatic N) is 1. The van der Waals surface area contributed by atoms with E-state index >= 15 is 0 Å². The van der Waals surface area contributed by atoms with Crippen molar-refractivity contribution in [1.29, 1.82) is 0 Å². The number of nitrogens with one attached hydrogen (secondary N) is 1. The fourth-order valence-electron chi connectivity index (χ4n) is 2.88. The number of hydrogen-bond donors (Lipinski definition) is 2. The number of anilines is 1. The number of rotatable bonds is 0. The number of benzene rings is 1. The predicted octanol–water partition coefficient (Wildman–Crippen LogP) is -0.268. The summed E-state index contributed by atoms with van der Waals surface area (Å²) in [6.07, 6.45) is 0. The standard InChI is InChI=1S/C11H10N2O2/c14-10-6-3-1-2-4-8(6)13-5-7-9(12-7)11(10,13)15/h1-4,7,9,12,15H,5H2. The number of piperazine rings is 1. The van der Waals surface area contributed by atoms with Gasteiger partial charge in [0, 0.05) is 18.2 Å². The van der Waals surface area contributed by atoms with Crippen LogP contribution in [0.15, 0.2) is 24.3 Å². The van der Waals surface area contributed by atoms with Gasteiger partial charge in [0.15, 0.2) is 0 Å². The third kappa shape index (κ3) is 0.682. The predicted molar refractivity (Wildman–Crippen MR) is 53.8 cm³/mol. The molecule has 0 radical (unpaired) electrons. The van der Waals surface area contributed by atoms with Gasteiger partial charge in [-0.1, -0.05) is 12.1 Å². The molecule has 3 aliphatic rings. The topological polar surface area (TPSA) is 62.5 Å². The van der Waals surface area contributed by atoms with Crippen molar-refractivity contribution in [1.82, 2.24) is 5.32 Å². The minimum Gasteiger partial charge on any atom is -0.363 e. The van der Waals surface area contributed by atoms with Gasteiger partial charge in [0.2, 0.25) is 11.5 Å². The van der Waals surface area contributed by atoms with Crippen molar-refractivity contribution in [3.63, 3.8) is 0 Å². The van der Waals surface area contributed by atoms with Gasteiger partial charge >= 0.3 is 0 Å². The Morgan fingerprint density at radius 1 is 1.47 bits per heavy atom. The van der Waals surface area contributed by atoms with E-state index in [2.05, 4.69) is 5.32 Å². The summed E-state index contributed by atoms with van der Waals surface area (Å²) in [7, 11) is 0. The second-order valence-corrected chi connectivity index (χ2v) is 4.43. The van der Waals surface area contributed by atoms with Crippen LogP contribution in [-0.2, 0) is 0 Å². The van der Waals surface area contributed by atoms with Crippen molar-refractivity contribution in [2.45, 2.75) is 17.8 Å². The smallest absolute Gasteiger partial charge is 0.220 e. The largest absolute Gasteiger partial charge is 0.363 e. The maximum atomic E-state index is 12.1. The van der Waals surface area contributed by atoms with Gasteiger partial charge in [-0.3, -0.25) is 4.79 Å². The summed E-state index contributed by atoms with van der Waals surface area (Å²) in [5.74, 6) is -0.157. The highest BCUT2D eigenvalue weighted by Crippen LogP contribution is 2.47. The van der Waals surface area contributed by atoms with E-state index in [4.69, 9.17) is 0 Å². The highest BCUT2D eigenvalue weighted by atomic mass is 16.3. The molecule has 0 amide bonds. The van der Waals surface area contributed by atoms with Crippen molar-refractivity contribution in [3.8, 4) is 0 Å². The molecule has 2 fully saturated rings. The zero-order valence-corrected chi connectivity index (χ0v) is 7.97. The number of carbonyl (C=O) groups is 1. The second kappa shape index (κ2) is 2.08. The Labute approximate surface area is 86.5 Å². The Morgan fingerprint density at radius 3 is 3.13 bits per heavy atom. The third-order valence-electron chi connectivity index (χ3n) is 3.68. The Balaban J connectivity index is 1.97. The lowest BCUT2D eigenvalue weighted by molar-refractivity contribution is 0.0398. The molecule has 4 heteroatoms. The van der Waals surface area contributed by atoms with Crippen molar-refractivity contribution >= 4 is 11.5 Å². The molecule has 3 atom stereocenters. The quantitative estimate of drug-likeness (QED) is 0.569. The maximum Gasteiger partial charge on any atom is 0.220 e. The summed E-state index contributed by atoms with van der Waals surface area (Å²) in [5, 5.41) is 13.6. The molecule has 1 aromatic carbocycles. The lowest BCUT2D eigenvalue weighted by Gasteiger charge is -2.28. The minimum atomic E-state index is -1.31. The van der Waals surface area contributed by atoms with Crippen LogP contribution in [0.3, 0.4) is 0 Å². The van der Waals surface area contributed by atoms with Crippen LogP contribution in [0.25, 0.3) is 0 Å². The Kier molecular flexibility index (Phi) is 1.09. The van der Waals surface area contributed by atoms with Crippen molar-refractivity contribution in [3.05, 3.63) is 29.8 Å². The van der Waals surface area contributed by atoms with E-state index < -0.39 is 5.72 Å². The van der Waals surface area contributed by atoms with Gasteiger partial charge in [0.25, 0.3) is 0 Å². The summed E-state index contributed by atoms with van der Waals surface area (Å²) >= 11 is 0. The number of ketones is 1. The molecule has 3 unspecified atom stereocenters. The molecule has 3 aliphatic heterocycles. The molecular formula is C11H10N2O2. The number of carbonyl (C=O) groups excluding carboxylic acids is 1. The van der Waals surface area contributed by atoms with Gasteiger partial charge in [-0.15, -0.1) is 0 Å². The van der Waals surface area contributed by atoms with Gasteiger partial charge in [-0.05, 0) is 12.1 Å². The Morgan fingerprint density at radius 2 is 2.27 bits per heavy atom. The lowest BCUT2D eigenvalue weighted by atomic mass is 10.0. The summed E-state index contributed by atoms with van der Waals surface area (Å²) < 4.78 is 0. The average Bonchev–Trinajstić information content (AvgIpc) is 2.93. The van der Waals surface area contributed by atoms with Gasteiger partial charge in [-0.25, -0.2) is 0 Å². The van der Waals surface area contributed by atoms with E-state index in [-0.39, 0.29) is 17.9 Å². The first-order valence-corrected chi connectivity index (χ1v) is 5.13. The third-order valence-corrected chi connectivity index (χ3v) is 3.68. The molecule has 3 heterocycles. The summed E-state index contributed by atoms with van der Waals surface area (Å²) in [6.45, 7) is 0.726. The van der Waals surface area contributed by atoms with E-state index in [1.165, 1.54) is 0 Å². The van der Waals surface area contributed by atoms with E-state index in [9.17, 15) is 9.90 Å². The Bertz CT molecular complexity index is 487. The van der Waals surface area contributed by atoms with Crippen LogP contribution in [0.5, 0.6) is 0 Å². The van der Waals surface area contributed by atoms with Crippen LogP contribution < -0.4 is 10.2 Å². The van der Waals surface area contributed by atoms with Crippen molar-refractivity contribution < 1.29 is 9.90 Å². The molecule has 0 bridgehead atoms. The SMILES string of the molecule is O=C1c2ccccc2N2CC3NC3C12O. The molecule has 0 saturated carbocycles. The molecule has 0 aromatic heterocycles. The lowest BCUT2D eigenvalue weighted by Crippen LogP contribution is -2.52. The fourth-order valence-corrected chi connectivity index (χ4v) is 2.88. The maximum absolute atomic E-state index is 12.1. The highest BCUT2D eigenvalue weighted by Gasteiger charge is 2.69. The van der Waals surface area contributed by atoms with E-state index in [1.807, 2.05) is 23.1 Å².